The van der Waals surface area contributed by atoms with Gasteiger partial charge in [-0.25, -0.2) is 21.9 Å². The van der Waals surface area contributed by atoms with E-state index < -0.39 is 40.6 Å². The number of ether oxygens (including phenoxy) is 1. The van der Waals surface area contributed by atoms with Crippen LogP contribution in [0.4, 0.5) is 17.6 Å². The summed E-state index contributed by atoms with van der Waals surface area (Å²) in [5, 5.41) is 0.141. The Morgan fingerprint density at radius 1 is 1.32 bits per heavy atom. The molecule has 1 fully saturated rings. The number of alkyl halides is 5. The van der Waals surface area contributed by atoms with E-state index in [1.165, 1.54) is 12.1 Å². The lowest BCUT2D eigenvalue weighted by molar-refractivity contribution is -0.206. The number of benzene rings is 1. The molecule has 0 aliphatic heterocycles. The number of nitrogens with one attached hydrogen (secondary N) is 1. The molecule has 0 bridgehead atoms. The van der Waals surface area contributed by atoms with Crippen molar-refractivity contribution < 1.29 is 30.7 Å². The highest BCUT2D eigenvalue weighted by Crippen LogP contribution is 2.40. The number of hydrogen-bond acceptors (Lipinski definition) is 3. The van der Waals surface area contributed by atoms with Gasteiger partial charge in [-0.1, -0.05) is 33.6 Å². The molecule has 1 saturated carbocycles. The van der Waals surface area contributed by atoms with Gasteiger partial charge in [0.05, 0.1) is 10.5 Å². The standard InChI is InChI=1S/C15H18BrF4NO3S/c1-10-2-4-12(5-3-10)25(22,23)21-11-6-14(7-11,8-16)24-9-15(19,20)13(17)18/h2-5,11,13,21H,6-9H2,1H3. The summed E-state index contributed by atoms with van der Waals surface area (Å²) in [6.07, 6.45) is -3.58. The first-order chi connectivity index (χ1) is 11.5. The molecule has 0 atom stereocenters. The van der Waals surface area contributed by atoms with Gasteiger partial charge in [0.15, 0.2) is 0 Å². The van der Waals surface area contributed by atoms with E-state index >= 15 is 0 Å². The Kier molecular flexibility index (Phi) is 6.18. The van der Waals surface area contributed by atoms with Gasteiger partial charge in [0, 0.05) is 11.4 Å². The van der Waals surface area contributed by atoms with Gasteiger partial charge in [-0.3, -0.25) is 0 Å². The summed E-state index contributed by atoms with van der Waals surface area (Å²) in [6, 6.07) is 5.74. The van der Waals surface area contributed by atoms with Crippen molar-refractivity contribution in [1.82, 2.24) is 4.72 Å². The molecule has 0 heterocycles. The normalized spacial score (nSPS) is 24.4. The van der Waals surface area contributed by atoms with Crippen molar-refractivity contribution in [3.05, 3.63) is 29.8 Å². The van der Waals surface area contributed by atoms with E-state index in [4.69, 9.17) is 4.74 Å². The first-order valence-corrected chi connectivity index (χ1v) is 10.1. The number of aryl methyl sites for hydroxylation is 1. The van der Waals surface area contributed by atoms with Crippen molar-refractivity contribution in [3.8, 4) is 0 Å². The van der Waals surface area contributed by atoms with Gasteiger partial charge < -0.3 is 4.74 Å². The van der Waals surface area contributed by atoms with Gasteiger partial charge >= 0.3 is 12.3 Å². The van der Waals surface area contributed by atoms with Crippen molar-refractivity contribution in [1.29, 1.82) is 0 Å². The van der Waals surface area contributed by atoms with Crippen LogP contribution in [0.2, 0.25) is 0 Å². The summed E-state index contributed by atoms with van der Waals surface area (Å²) in [5.74, 6) is -4.23. The van der Waals surface area contributed by atoms with Crippen LogP contribution in [0.1, 0.15) is 18.4 Å². The van der Waals surface area contributed by atoms with E-state index in [1.807, 2.05) is 6.92 Å². The second-order valence-corrected chi connectivity index (χ2v) is 8.48. The lowest BCUT2D eigenvalue weighted by Crippen LogP contribution is -2.58. The molecule has 0 unspecified atom stereocenters. The minimum Gasteiger partial charge on any atom is -0.368 e. The van der Waals surface area contributed by atoms with Crippen LogP contribution in [0.3, 0.4) is 0 Å². The van der Waals surface area contributed by atoms with Gasteiger partial charge in [-0.2, -0.15) is 8.78 Å². The Morgan fingerprint density at radius 3 is 2.36 bits per heavy atom. The average Bonchev–Trinajstić information content (AvgIpc) is 2.49. The van der Waals surface area contributed by atoms with Crippen LogP contribution in [-0.2, 0) is 14.8 Å². The highest BCUT2D eigenvalue weighted by atomic mass is 79.9. The molecule has 0 aromatic heterocycles. The predicted octanol–water partition coefficient (Wildman–Crippen LogP) is 3.49. The Bertz CT molecular complexity index is 691. The molecule has 0 spiro atoms. The molecule has 25 heavy (non-hydrogen) atoms. The fourth-order valence-electron chi connectivity index (χ4n) is 2.50. The molecule has 0 saturated heterocycles. The topological polar surface area (TPSA) is 55.4 Å². The molecular formula is C15H18BrF4NO3S. The maximum Gasteiger partial charge on any atom is 0.330 e. The second-order valence-electron chi connectivity index (χ2n) is 6.21. The van der Waals surface area contributed by atoms with Gasteiger partial charge in [0.2, 0.25) is 10.0 Å². The van der Waals surface area contributed by atoms with E-state index in [1.54, 1.807) is 12.1 Å². The molecule has 1 aromatic rings. The van der Waals surface area contributed by atoms with Gasteiger partial charge in [0.25, 0.3) is 0 Å². The smallest absolute Gasteiger partial charge is 0.330 e. The SMILES string of the molecule is Cc1ccc(S(=O)(=O)NC2CC(CBr)(OCC(F)(F)C(F)F)C2)cc1. The molecule has 1 aliphatic carbocycles. The fourth-order valence-corrected chi connectivity index (χ4v) is 4.36. The van der Waals surface area contributed by atoms with Crippen molar-refractivity contribution >= 4 is 26.0 Å². The second kappa shape index (κ2) is 7.50. The predicted molar refractivity (Wildman–Crippen MR) is 88.0 cm³/mol. The highest BCUT2D eigenvalue weighted by molar-refractivity contribution is 9.09. The van der Waals surface area contributed by atoms with Crippen LogP contribution in [-0.4, -0.2) is 44.3 Å². The summed E-state index contributed by atoms with van der Waals surface area (Å²) < 4.78 is 82.4. The van der Waals surface area contributed by atoms with Crippen LogP contribution in [0.25, 0.3) is 0 Å². The fraction of sp³-hybridized carbons (Fsp3) is 0.600. The quantitative estimate of drug-likeness (QED) is 0.490. The van der Waals surface area contributed by atoms with E-state index in [9.17, 15) is 26.0 Å². The minimum atomic E-state index is -4.23. The molecule has 0 amide bonds. The lowest BCUT2D eigenvalue weighted by atomic mass is 9.77. The Balaban J connectivity index is 1.94. The van der Waals surface area contributed by atoms with Crippen molar-refractivity contribution in [2.24, 2.45) is 0 Å². The van der Waals surface area contributed by atoms with Crippen LogP contribution < -0.4 is 4.72 Å². The molecule has 142 valence electrons. The number of hydrogen-bond donors (Lipinski definition) is 1. The average molecular weight is 448 g/mol. The van der Waals surface area contributed by atoms with E-state index in [2.05, 4.69) is 20.7 Å². The highest BCUT2D eigenvalue weighted by Gasteiger charge is 2.50. The molecule has 1 aromatic carbocycles. The zero-order valence-corrected chi connectivity index (χ0v) is 15.7. The Hall–Kier alpha value is -0.710. The molecule has 1 aliphatic rings. The molecule has 4 nitrogen and oxygen atoms in total. The van der Waals surface area contributed by atoms with Crippen molar-refractivity contribution in [2.75, 3.05) is 11.9 Å². The molecule has 2 rings (SSSR count). The Morgan fingerprint density at radius 2 is 1.88 bits per heavy atom. The van der Waals surface area contributed by atoms with Gasteiger partial charge in [-0.05, 0) is 31.9 Å². The summed E-state index contributed by atoms with van der Waals surface area (Å²) in [7, 11) is -3.74. The van der Waals surface area contributed by atoms with E-state index in [-0.39, 0.29) is 23.1 Å². The molecule has 1 N–H and O–H groups in total. The third-order valence-corrected chi connectivity index (χ3v) is 6.58. The zero-order chi connectivity index (χ0) is 18.9. The maximum atomic E-state index is 13.0. The minimum absolute atomic E-state index is 0.0968. The van der Waals surface area contributed by atoms with Crippen LogP contribution in [0.5, 0.6) is 0 Å². The first-order valence-electron chi connectivity index (χ1n) is 7.45. The monoisotopic (exact) mass is 447 g/mol. The summed E-state index contributed by atoms with van der Waals surface area (Å²) in [5.41, 5.74) is -0.173. The van der Waals surface area contributed by atoms with Crippen LogP contribution in [0.15, 0.2) is 29.2 Å². The maximum absolute atomic E-state index is 13.0. The van der Waals surface area contributed by atoms with E-state index in [0.717, 1.165) is 5.56 Å². The number of sulfonamides is 1. The van der Waals surface area contributed by atoms with Crippen LogP contribution >= 0.6 is 15.9 Å². The van der Waals surface area contributed by atoms with Crippen molar-refractivity contribution in [3.63, 3.8) is 0 Å². The van der Waals surface area contributed by atoms with Crippen LogP contribution in [0, 0.1) is 6.92 Å². The largest absolute Gasteiger partial charge is 0.368 e. The first kappa shape index (κ1) is 20.6. The zero-order valence-electron chi connectivity index (χ0n) is 13.3. The summed E-state index contributed by atoms with van der Waals surface area (Å²) >= 11 is 3.11. The summed E-state index contributed by atoms with van der Waals surface area (Å²) in [6.45, 7) is 0.417. The number of halogens is 5. The Labute approximate surface area is 152 Å². The van der Waals surface area contributed by atoms with Gasteiger partial charge in [-0.15, -0.1) is 0 Å². The lowest BCUT2D eigenvalue weighted by Gasteiger charge is -2.46. The molecule has 10 heteroatoms. The van der Waals surface area contributed by atoms with Gasteiger partial charge in [0.1, 0.15) is 6.61 Å². The molecule has 0 radical (unpaired) electrons. The van der Waals surface area contributed by atoms with E-state index in [0.29, 0.717) is 0 Å². The molecular weight excluding hydrogens is 430 g/mol. The third-order valence-electron chi connectivity index (χ3n) is 4.02. The summed E-state index contributed by atoms with van der Waals surface area (Å²) in [4.78, 5) is 0.0968. The van der Waals surface area contributed by atoms with Crippen molar-refractivity contribution in [2.45, 2.75) is 48.7 Å². The number of rotatable bonds is 8. The third kappa shape index (κ3) is 4.93.